The highest BCUT2D eigenvalue weighted by atomic mass is 19.1. The maximum Gasteiger partial charge on any atom is 0.227 e. The Morgan fingerprint density at radius 2 is 1.93 bits per heavy atom. The van der Waals surface area contributed by atoms with E-state index in [1.54, 1.807) is 6.20 Å². The molecule has 4 rings (SSSR count). The van der Waals surface area contributed by atoms with E-state index in [4.69, 9.17) is 9.72 Å². The topological polar surface area (TPSA) is 57.6 Å². The van der Waals surface area contributed by atoms with E-state index < -0.39 is 11.6 Å². The van der Waals surface area contributed by atoms with Crippen LogP contribution >= 0.6 is 0 Å². The summed E-state index contributed by atoms with van der Waals surface area (Å²) >= 11 is 0. The van der Waals surface area contributed by atoms with Crippen molar-refractivity contribution in [3.8, 4) is 0 Å². The lowest BCUT2D eigenvalue weighted by molar-refractivity contribution is 0.122. The summed E-state index contributed by atoms with van der Waals surface area (Å²) in [5.41, 5.74) is 0.0787. The molecule has 7 nitrogen and oxygen atoms in total. The van der Waals surface area contributed by atoms with E-state index in [9.17, 15) is 8.78 Å². The number of hydrogen-bond acceptors (Lipinski definition) is 7. The molecule has 9 heteroatoms. The molecule has 2 aliphatic heterocycles. The van der Waals surface area contributed by atoms with Crippen molar-refractivity contribution in [2.24, 2.45) is 0 Å². The number of likely N-dealkylation sites (N-methyl/N-ethyl adjacent to an activating group) is 1. The number of halogens is 2. The Balaban J connectivity index is 1.41. The van der Waals surface area contributed by atoms with Gasteiger partial charge in [0.25, 0.3) is 0 Å². The van der Waals surface area contributed by atoms with Gasteiger partial charge in [-0.15, -0.1) is 0 Å². The summed E-state index contributed by atoms with van der Waals surface area (Å²) in [6, 6.07) is 2.12. The molecule has 0 radical (unpaired) electrons. The Morgan fingerprint density at radius 1 is 1.18 bits per heavy atom. The van der Waals surface area contributed by atoms with Crippen molar-refractivity contribution < 1.29 is 13.5 Å². The number of morpholine rings is 1. The van der Waals surface area contributed by atoms with Crippen molar-refractivity contribution in [2.45, 2.75) is 19.0 Å². The third-order valence-electron chi connectivity index (χ3n) is 5.41. The zero-order valence-corrected chi connectivity index (χ0v) is 15.9. The van der Waals surface area contributed by atoms with Crippen molar-refractivity contribution in [1.29, 1.82) is 0 Å². The van der Waals surface area contributed by atoms with E-state index in [0.29, 0.717) is 25.7 Å². The van der Waals surface area contributed by atoms with Crippen LogP contribution in [0.3, 0.4) is 0 Å². The molecule has 0 bridgehead atoms. The van der Waals surface area contributed by atoms with Gasteiger partial charge in [-0.25, -0.2) is 13.8 Å². The first-order valence-corrected chi connectivity index (χ1v) is 9.50. The molecule has 2 aliphatic rings. The molecule has 2 aromatic rings. The summed E-state index contributed by atoms with van der Waals surface area (Å²) in [7, 11) is 2.01. The predicted octanol–water partition coefficient (Wildman–Crippen LogP) is 1.70. The first-order chi connectivity index (χ1) is 13.6. The number of hydrogen-bond donors (Lipinski definition) is 0. The largest absolute Gasteiger partial charge is 0.378 e. The number of pyridine rings is 1. The highest BCUT2D eigenvalue weighted by Gasteiger charge is 2.28. The Kier molecular flexibility index (Phi) is 5.63. The highest BCUT2D eigenvalue weighted by Crippen LogP contribution is 2.24. The minimum atomic E-state index is -0.595. The number of nitrogens with zero attached hydrogens (tertiary/aromatic N) is 6. The van der Waals surface area contributed by atoms with Gasteiger partial charge in [0, 0.05) is 57.6 Å². The molecule has 0 amide bonds. The average Bonchev–Trinajstić information content (AvgIpc) is 3.20. The van der Waals surface area contributed by atoms with E-state index in [1.807, 2.05) is 13.1 Å². The molecule has 150 valence electrons. The van der Waals surface area contributed by atoms with Gasteiger partial charge in [-0.1, -0.05) is 0 Å². The molecular formula is C19H24F2N6O. The minimum Gasteiger partial charge on any atom is -0.378 e. The van der Waals surface area contributed by atoms with Gasteiger partial charge < -0.3 is 14.5 Å². The van der Waals surface area contributed by atoms with Crippen LogP contribution in [0.4, 0.5) is 20.5 Å². The van der Waals surface area contributed by atoms with Crippen LogP contribution in [0.1, 0.15) is 12.0 Å². The van der Waals surface area contributed by atoms with Gasteiger partial charge in [-0.2, -0.15) is 4.98 Å². The van der Waals surface area contributed by atoms with E-state index in [2.05, 4.69) is 24.7 Å². The minimum absolute atomic E-state index is 0.0787. The third kappa shape index (κ3) is 4.05. The Hall–Kier alpha value is -2.39. The summed E-state index contributed by atoms with van der Waals surface area (Å²) in [5.74, 6) is 0.374. The molecule has 0 aromatic carbocycles. The number of rotatable bonds is 5. The highest BCUT2D eigenvalue weighted by molar-refractivity contribution is 5.44. The van der Waals surface area contributed by atoms with Crippen LogP contribution < -0.4 is 9.80 Å². The molecule has 4 heterocycles. The van der Waals surface area contributed by atoms with Crippen molar-refractivity contribution in [3.63, 3.8) is 0 Å². The molecule has 0 spiro atoms. The Labute approximate surface area is 163 Å². The monoisotopic (exact) mass is 390 g/mol. The SMILES string of the molecule is CN(c1ccnc(N2CCOCC2)n1)C1CCN(Cc2c(F)cncc2F)C1. The zero-order valence-electron chi connectivity index (χ0n) is 15.9. The quantitative estimate of drug-likeness (QED) is 0.770. The molecule has 2 saturated heterocycles. The fourth-order valence-electron chi connectivity index (χ4n) is 3.72. The molecule has 0 N–H and O–H groups in total. The second kappa shape index (κ2) is 8.32. The number of anilines is 2. The van der Waals surface area contributed by atoms with Gasteiger partial charge in [0.2, 0.25) is 5.95 Å². The summed E-state index contributed by atoms with van der Waals surface area (Å²) < 4.78 is 33.1. The van der Waals surface area contributed by atoms with Gasteiger partial charge >= 0.3 is 0 Å². The predicted molar refractivity (Wildman–Crippen MR) is 101 cm³/mol. The smallest absolute Gasteiger partial charge is 0.227 e. The van der Waals surface area contributed by atoms with Crippen LogP contribution in [0.15, 0.2) is 24.7 Å². The van der Waals surface area contributed by atoms with E-state index >= 15 is 0 Å². The maximum absolute atomic E-state index is 13.9. The van der Waals surface area contributed by atoms with Crippen LogP contribution in [0, 0.1) is 11.6 Å². The fraction of sp³-hybridized carbons (Fsp3) is 0.526. The number of likely N-dealkylation sites (tertiary alicyclic amines) is 1. The lowest BCUT2D eigenvalue weighted by atomic mass is 10.2. The molecule has 28 heavy (non-hydrogen) atoms. The van der Waals surface area contributed by atoms with Crippen molar-refractivity contribution in [3.05, 3.63) is 41.9 Å². The molecular weight excluding hydrogens is 366 g/mol. The van der Waals surface area contributed by atoms with Crippen molar-refractivity contribution in [2.75, 3.05) is 56.2 Å². The van der Waals surface area contributed by atoms with Gasteiger partial charge in [-0.05, 0) is 12.5 Å². The van der Waals surface area contributed by atoms with Crippen LogP contribution in [0.2, 0.25) is 0 Å². The number of ether oxygens (including phenoxy) is 1. The van der Waals surface area contributed by atoms with Gasteiger partial charge in [0.05, 0.1) is 25.6 Å². The molecule has 1 unspecified atom stereocenters. The van der Waals surface area contributed by atoms with Gasteiger partial charge in [0.15, 0.2) is 0 Å². The fourth-order valence-corrected chi connectivity index (χ4v) is 3.72. The molecule has 0 saturated carbocycles. The summed E-state index contributed by atoms with van der Waals surface area (Å²) in [6.45, 7) is 4.67. The summed E-state index contributed by atoms with van der Waals surface area (Å²) in [5, 5.41) is 0. The summed E-state index contributed by atoms with van der Waals surface area (Å²) in [6.07, 6.45) is 4.80. The molecule has 0 aliphatic carbocycles. The lowest BCUT2D eigenvalue weighted by Gasteiger charge is -2.29. The standard InChI is InChI=1S/C19H24F2N6O/c1-25(18-2-4-23-19(24-18)27-6-8-28-9-7-27)14-3-5-26(12-14)13-15-16(20)10-22-11-17(15)21/h2,4,10-11,14H,3,5-9,12-13H2,1H3. The molecule has 1 atom stereocenters. The Bertz CT molecular complexity index is 797. The van der Waals surface area contributed by atoms with Crippen LogP contribution in [-0.4, -0.2) is 72.3 Å². The lowest BCUT2D eigenvalue weighted by Crippen LogP contribution is -2.38. The van der Waals surface area contributed by atoms with Crippen LogP contribution in [0.5, 0.6) is 0 Å². The first-order valence-electron chi connectivity index (χ1n) is 9.50. The van der Waals surface area contributed by atoms with E-state index in [-0.39, 0.29) is 18.2 Å². The van der Waals surface area contributed by atoms with E-state index in [1.165, 1.54) is 0 Å². The molecule has 2 aromatic heterocycles. The summed E-state index contributed by atoms with van der Waals surface area (Å²) in [4.78, 5) is 19.0. The van der Waals surface area contributed by atoms with Crippen molar-refractivity contribution >= 4 is 11.8 Å². The van der Waals surface area contributed by atoms with Crippen molar-refractivity contribution in [1.82, 2.24) is 19.9 Å². The average molecular weight is 390 g/mol. The maximum atomic E-state index is 13.9. The Morgan fingerprint density at radius 3 is 2.68 bits per heavy atom. The van der Waals surface area contributed by atoms with Crippen LogP contribution in [0.25, 0.3) is 0 Å². The second-order valence-electron chi connectivity index (χ2n) is 7.18. The third-order valence-corrected chi connectivity index (χ3v) is 5.41. The molecule has 2 fully saturated rings. The number of aromatic nitrogens is 3. The first kappa shape index (κ1) is 18.9. The van der Waals surface area contributed by atoms with Crippen LogP contribution in [-0.2, 0) is 11.3 Å². The van der Waals surface area contributed by atoms with Gasteiger partial charge in [-0.3, -0.25) is 9.88 Å². The van der Waals surface area contributed by atoms with E-state index in [0.717, 1.165) is 44.3 Å². The second-order valence-corrected chi connectivity index (χ2v) is 7.18. The zero-order chi connectivity index (χ0) is 19.5. The normalized spacial score (nSPS) is 20.5. The van der Waals surface area contributed by atoms with Gasteiger partial charge in [0.1, 0.15) is 17.5 Å².